The van der Waals surface area contributed by atoms with Gasteiger partial charge >= 0.3 is 0 Å². The fraction of sp³-hybridized carbons (Fsp3) is 0.0769. The molecule has 1 amide bonds. The van der Waals surface area contributed by atoms with E-state index in [-0.39, 0.29) is 21.6 Å². The second kappa shape index (κ2) is 6.43. The molecule has 4 nitrogen and oxygen atoms in total. The standard InChI is InChI=1S/C13H9BrCl2N2O2/c1-20-7-2-3-9(14)11(4-7)18-13(19)8-5-12(16)17-6-10(8)15/h2-6H,1H3,(H,18,19). The fourth-order valence-electron chi connectivity index (χ4n) is 1.50. The van der Waals surface area contributed by atoms with Crippen LogP contribution in [-0.4, -0.2) is 18.0 Å². The van der Waals surface area contributed by atoms with Crippen molar-refractivity contribution in [3.8, 4) is 5.75 Å². The number of hydrogen-bond acceptors (Lipinski definition) is 3. The number of anilines is 1. The molecule has 0 unspecified atom stereocenters. The smallest absolute Gasteiger partial charge is 0.257 e. The van der Waals surface area contributed by atoms with Crippen LogP contribution in [0, 0.1) is 0 Å². The second-order valence-corrected chi connectivity index (χ2v) is 5.44. The van der Waals surface area contributed by atoms with Crippen LogP contribution in [0.5, 0.6) is 5.75 Å². The van der Waals surface area contributed by atoms with Crippen molar-refractivity contribution in [3.05, 3.63) is 50.7 Å². The average Bonchev–Trinajstić information content (AvgIpc) is 2.43. The molecule has 104 valence electrons. The minimum atomic E-state index is -0.381. The van der Waals surface area contributed by atoms with Crippen molar-refractivity contribution in [2.24, 2.45) is 0 Å². The molecule has 2 aromatic rings. The predicted molar refractivity (Wildman–Crippen MR) is 82.9 cm³/mol. The van der Waals surface area contributed by atoms with E-state index in [2.05, 4.69) is 26.2 Å². The summed E-state index contributed by atoms with van der Waals surface area (Å²) in [6, 6.07) is 6.65. The van der Waals surface area contributed by atoms with E-state index >= 15 is 0 Å². The third-order valence-corrected chi connectivity index (χ3v) is 3.69. The van der Waals surface area contributed by atoms with E-state index in [9.17, 15) is 4.79 Å². The lowest BCUT2D eigenvalue weighted by atomic mass is 10.2. The van der Waals surface area contributed by atoms with Crippen molar-refractivity contribution in [2.45, 2.75) is 0 Å². The molecule has 0 aliphatic rings. The lowest BCUT2D eigenvalue weighted by molar-refractivity contribution is 0.102. The van der Waals surface area contributed by atoms with Gasteiger partial charge in [0.2, 0.25) is 0 Å². The third-order valence-electron chi connectivity index (χ3n) is 2.49. The number of aromatic nitrogens is 1. The summed E-state index contributed by atoms with van der Waals surface area (Å²) in [6.45, 7) is 0. The molecule has 1 heterocycles. The van der Waals surface area contributed by atoms with E-state index in [0.717, 1.165) is 4.47 Å². The number of carbonyl (C=O) groups is 1. The molecule has 0 saturated carbocycles. The molecule has 0 atom stereocenters. The zero-order chi connectivity index (χ0) is 14.7. The first kappa shape index (κ1) is 15.1. The molecule has 1 N–H and O–H groups in total. The zero-order valence-corrected chi connectivity index (χ0v) is 13.4. The van der Waals surface area contributed by atoms with Crippen molar-refractivity contribution in [3.63, 3.8) is 0 Å². The quantitative estimate of drug-likeness (QED) is 0.808. The Hall–Kier alpha value is -1.30. The summed E-state index contributed by atoms with van der Waals surface area (Å²) in [5.41, 5.74) is 0.819. The van der Waals surface area contributed by atoms with Crippen LogP contribution < -0.4 is 10.1 Å². The monoisotopic (exact) mass is 374 g/mol. The Balaban J connectivity index is 2.30. The van der Waals surface area contributed by atoms with E-state index in [1.165, 1.54) is 12.3 Å². The van der Waals surface area contributed by atoms with E-state index in [1.807, 2.05) is 0 Å². The molecule has 0 spiro atoms. The largest absolute Gasteiger partial charge is 0.497 e. The van der Waals surface area contributed by atoms with Gasteiger partial charge in [-0.05, 0) is 34.1 Å². The molecule has 0 radical (unpaired) electrons. The minimum absolute atomic E-state index is 0.198. The highest BCUT2D eigenvalue weighted by Gasteiger charge is 2.13. The first-order valence-corrected chi connectivity index (χ1v) is 7.02. The van der Waals surface area contributed by atoms with Crippen molar-refractivity contribution in [2.75, 3.05) is 12.4 Å². The third kappa shape index (κ3) is 3.42. The summed E-state index contributed by atoms with van der Waals surface area (Å²) in [5.74, 6) is 0.246. The van der Waals surface area contributed by atoms with E-state index in [4.69, 9.17) is 27.9 Å². The molecular weight excluding hydrogens is 367 g/mol. The molecule has 0 bridgehead atoms. The van der Waals surface area contributed by atoms with Crippen LogP contribution in [0.15, 0.2) is 34.9 Å². The van der Waals surface area contributed by atoms with E-state index < -0.39 is 0 Å². The van der Waals surface area contributed by atoms with Crippen molar-refractivity contribution < 1.29 is 9.53 Å². The Morgan fingerprint density at radius 2 is 2.10 bits per heavy atom. The predicted octanol–water partition coefficient (Wildman–Crippen LogP) is 4.41. The van der Waals surface area contributed by atoms with Crippen LogP contribution in [0.1, 0.15) is 10.4 Å². The number of pyridine rings is 1. The lowest BCUT2D eigenvalue weighted by Gasteiger charge is -2.10. The summed E-state index contributed by atoms with van der Waals surface area (Å²) < 4.78 is 5.84. The summed E-state index contributed by atoms with van der Waals surface area (Å²) in [6.07, 6.45) is 1.33. The van der Waals surface area contributed by atoms with Gasteiger partial charge in [-0.15, -0.1) is 0 Å². The van der Waals surface area contributed by atoms with Crippen LogP contribution in [-0.2, 0) is 0 Å². The number of carbonyl (C=O) groups excluding carboxylic acids is 1. The van der Waals surface area contributed by atoms with Gasteiger partial charge in [0.05, 0.1) is 23.4 Å². The van der Waals surface area contributed by atoms with Gasteiger partial charge in [-0.3, -0.25) is 4.79 Å². The molecule has 0 aliphatic heterocycles. The number of amides is 1. The van der Waals surface area contributed by atoms with Gasteiger partial charge < -0.3 is 10.1 Å². The first-order chi connectivity index (χ1) is 9.51. The highest BCUT2D eigenvalue weighted by atomic mass is 79.9. The molecule has 0 saturated heterocycles. The Morgan fingerprint density at radius 1 is 1.35 bits per heavy atom. The van der Waals surface area contributed by atoms with Crippen LogP contribution in [0.25, 0.3) is 0 Å². The Bertz CT molecular complexity index is 665. The summed E-state index contributed by atoms with van der Waals surface area (Å²) in [7, 11) is 1.55. The summed E-state index contributed by atoms with van der Waals surface area (Å²) >= 11 is 15.1. The molecule has 1 aromatic carbocycles. The highest BCUT2D eigenvalue weighted by molar-refractivity contribution is 9.10. The van der Waals surface area contributed by atoms with Crippen LogP contribution >= 0.6 is 39.1 Å². The molecule has 7 heteroatoms. The van der Waals surface area contributed by atoms with Gasteiger partial charge in [0.1, 0.15) is 10.9 Å². The maximum absolute atomic E-state index is 12.2. The van der Waals surface area contributed by atoms with Gasteiger partial charge in [0, 0.05) is 16.7 Å². The number of nitrogens with one attached hydrogen (secondary N) is 1. The summed E-state index contributed by atoms with van der Waals surface area (Å²) in [5, 5.41) is 3.16. The van der Waals surface area contributed by atoms with Crippen molar-refractivity contribution in [1.82, 2.24) is 4.98 Å². The number of methoxy groups -OCH3 is 1. The number of nitrogens with zero attached hydrogens (tertiary/aromatic N) is 1. The first-order valence-electron chi connectivity index (χ1n) is 5.47. The Kier molecular flexibility index (Phi) is 4.86. The molecular formula is C13H9BrCl2N2O2. The maximum Gasteiger partial charge on any atom is 0.257 e. The normalized spacial score (nSPS) is 10.2. The number of hydrogen-bond donors (Lipinski definition) is 1. The Labute approximate surface area is 134 Å². The molecule has 0 aliphatic carbocycles. The van der Waals surface area contributed by atoms with Gasteiger partial charge in [0.15, 0.2) is 0 Å². The second-order valence-electron chi connectivity index (χ2n) is 3.79. The van der Waals surface area contributed by atoms with Gasteiger partial charge in [-0.25, -0.2) is 4.98 Å². The van der Waals surface area contributed by atoms with Crippen LogP contribution in [0.3, 0.4) is 0 Å². The topological polar surface area (TPSA) is 51.2 Å². The zero-order valence-electron chi connectivity index (χ0n) is 10.3. The lowest BCUT2D eigenvalue weighted by Crippen LogP contribution is -2.13. The van der Waals surface area contributed by atoms with Crippen molar-refractivity contribution in [1.29, 1.82) is 0 Å². The molecule has 2 rings (SSSR count). The SMILES string of the molecule is COc1ccc(Br)c(NC(=O)c2cc(Cl)ncc2Cl)c1. The fourth-order valence-corrected chi connectivity index (χ4v) is 2.20. The van der Waals surface area contributed by atoms with E-state index in [1.54, 1.807) is 25.3 Å². The number of halogens is 3. The van der Waals surface area contributed by atoms with Gasteiger partial charge in [0.25, 0.3) is 5.91 Å². The minimum Gasteiger partial charge on any atom is -0.497 e. The van der Waals surface area contributed by atoms with Crippen molar-refractivity contribution >= 4 is 50.7 Å². The summed E-state index contributed by atoms with van der Waals surface area (Å²) in [4.78, 5) is 16.0. The Morgan fingerprint density at radius 3 is 2.80 bits per heavy atom. The molecule has 0 fully saturated rings. The highest BCUT2D eigenvalue weighted by Crippen LogP contribution is 2.28. The molecule has 1 aromatic heterocycles. The number of benzene rings is 1. The van der Waals surface area contributed by atoms with Gasteiger partial charge in [-0.2, -0.15) is 0 Å². The average molecular weight is 376 g/mol. The maximum atomic E-state index is 12.2. The number of rotatable bonds is 3. The van der Waals surface area contributed by atoms with E-state index in [0.29, 0.717) is 11.4 Å². The molecule has 20 heavy (non-hydrogen) atoms. The van der Waals surface area contributed by atoms with Crippen LogP contribution in [0.2, 0.25) is 10.2 Å². The van der Waals surface area contributed by atoms with Gasteiger partial charge in [-0.1, -0.05) is 23.2 Å². The number of ether oxygens (including phenoxy) is 1. The van der Waals surface area contributed by atoms with Crippen LogP contribution in [0.4, 0.5) is 5.69 Å².